The second-order valence-corrected chi connectivity index (χ2v) is 8.14. The Hall–Kier alpha value is -3.58. The van der Waals surface area contributed by atoms with Gasteiger partial charge in [-0.1, -0.05) is 54.6 Å². The lowest BCUT2D eigenvalue weighted by Crippen LogP contribution is -2.16. The molecule has 0 N–H and O–H groups in total. The maximum atomic E-state index is 15.5. The molecular formula is C26H19F4N3. The molecule has 2 heterocycles. The van der Waals surface area contributed by atoms with Gasteiger partial charge in [0.1, 0.15) is 5.82 Å². The van der Waals surface area contributed by atoms with Gasteiger partial charge < -0.3 is 0 Å². The first-order valence-corrected chi connectivity index (χ1v) is 10.4. The van der Waals surface area contributed by atoms with Gasteiger partial charge in [0.25, 0.3) is 0 Å². The molecule has 0 amide bonds. The van der Waals surface area contributed by atoms with Crippen molar-refractivity contribution < 1.29 is 17.6 Å². The second kappa shape index (κ2) is 8.08. The fraction of sp³-hybridized carbons (Fsp3) is 0.154. The van der Waals surface area contributed by atoms with Crippen LogP contribution in [-0.4, -0.2) is 28.7 Å². The molecule has 3 nitrogen and oxygen atoms in total. The molecule has 4 aromatic rings. The molecule has 7 heteroatoms. The third kappa shape index (κ3) is 4.00. The van der Waals surface area contributed by atoms with Crippen LogP contribution in [0.3, 0.4) is 0 Å². The summed E-state index contributed by atoms with van der Waals surface area (Å²) in [5.74, 6) is -0.271. The molecule has 3 aromatic carbocycles. The Morgan fingerprint density at radius 2 is 1.67 bits per heavy atom. The molecule has 0 saturated heterocycles. The highest BCUT2D eigenvalue weighted by atomic mass is 19.4. The Morgan fingerprint density at radius 1 is 0.879 bits per heavy atom. The van der Waals surface area contributed by atoms with Crippen LogP contribution in [0, 0.1) is 5.82 Å². The normalized spacial score (nSPS) is 14.6. The van der Waals surface area contributed by atoms with E-state index in [0.29, 0.717) is 35.3 Å². The minimum absolute atomic E-state index is 0.271. The fourth-order valence-corrected chi connectivity index (χ4v) is 4.19. The average molecular weight is 449 g/mol. The van der Waals surface area contributed by atoms with E-state index in [1.807, 2.05) is 49.5 Å². The van der Waals surface area contributed by atoms with E-state index in [4.69, 9.17) is 0 Å². The van der Waals surface area contributed by atoms with Gasteiger partial charge in [0.15, 0.2) is 5.69 Å². The Bertz CT molecular complexity index is 1370. The number of alkyl halides is 3. The molecule has 166 valence electrons. The second-order valence-electron chi connectivity index (χ2n) is 8.14. The summed E-state index contributed by atoms with van der Waals surface area (Å²) in [4.78, 5) is 2.09. The first-order valence-electron chi connectivity index (χ1n) is 10.4. The Morgan fingerprint density at radius 3 is 2.42 bits per heavy atom. The van der Waals surface area contributed by atoms with Crippen LogP contribution in [0.1, 0.15) is 22.4 Å². The van der Waals surface area contributed by atoms with Crippen molar-refractivity contribution in [3.8, 4) is 11.3 Å². The van der Waals surface area contributed by atoms with E-state index in [1.54, 1.807) is 18.2 Å². The summed E-state index contributed by atoms with van der Waals surface area (Å²) in [7, 11) is 1.96. The number of aromatic nitrogens is 2. The summed E-state index contributed by atoms with van der Waals surface area (Å²) in [6.07, 6.45) is -2.53. The monoisotopic (exact) mass is 449 g/mol. The highest BCUT2D eigenvalue weighted by Gasteiger charge is 2.33. The maximum absolute atomic E-state index is 15.5. The van der Waals surface area contributed by atoms with E-state index in [1.165, 1.54) is 6.07 Å². The van der Waals surface area contributed by atoms with E-state index in [0.717, 1.165) is 28.2 Å². The number of halogens is 4. The Kier molecular flexibility index (Phi) is 5.21. The highest BCUT2D eigenvalue weighted by molar-refractivity contribution is 5.91. The smallest absolute Gasteiger partial charge is 0.298 e. The van der Waals surface area contributed by atoms with E-state index < -0.39 is 11.9 Å². The number of hydrogen-bond donors (Lipinski definition) is 0. The molecular weight excluding hydrogens is 430 g/mol. The van der Waals surface area contributed by atoms with Gasteiger partial charge >= 0.3 is 6.18 Å². The van der Waals surface area contributed by atoms with Gasteiger partial charge in [-0.05, 0) is 47.3 Å². The summed E-state index contributed by atoms with van der Waals surface area (Å²) in [6, 6.07) is 18.8. The molecule has 0 aliphatic carbocycles. The summed E-state index contributed by atoms with van der Waals surface area (Å²) in [5.41, 5.74) is 3.11. The van der Waals surface area contributed by atoms with Crippen LogP contribution in [0.5, 0.6) is 0 Å². The van der Waals surface area contributed by atoms with Crippen molar-refractivity contribution in [2.45, 2.75) is 12.7 Å². The summed E-state index contributed by atoms with van der Waals surface area (Å²) < 4.78 is 54.0. The van der Waals surface area contributed by atoms with Gasteiger partial charge in [-0.2, -0.15) is 13.2 Å². The van der Waals surface area contributed by atoms with Gasteiger partial charge in [-0.25, -0.2) is 4.39 Å². The molecule has 5 rings (SSSR count). The zero-order valence-electron chi connectivity index (χ0n) is 17.7. The number of rotatable bonds is 2. The minimum atomic E-state index is -4.54. The molecule has 1 aromatic heterocycles. The molecule has 0 fully saturated rings. The predicted molar refractivity (Wildman–Crippen MR) is 120 cm³/mol. The first kappa shape index (κ1) is 21.3. The number of fused-ring (bicyclic) bond motifs is 2. The lowest BCUT2D eigenvalue weighted by Gasteiger charge is -2.16. The topological polar surface area (TPSA) is 29.0 Å². The fourth-order valence-electron chi connectivity index (χ4n) is 4.19. The summed E-state index contributed by atoms with van der Waals surface area (Å²) in [6.45, 7) is 1.23. The quantitative estimate of drug-likeness (QED) is 0.335. The van der Waals surface area contributed by atoms with Crippen LogP contribution in [0.15, 0.2) is 72.8 Å². The lowest BCUT2D eigenvalue weighted by molar-refractivity contribution is -0.141. The third-order valence-corrected chi connectivity index (χ3v) is 5.85. The van der Waals surface area contributed by atoms with Crippen molar-refractivity contribution in [1.29, 1.82) is 0 Å². The molecule has 33 heavy (non-hydrogen) atoms. The van der Waals surface area contributed by atoms with Crippen LogP contribution in [0.4, 0.5) is 17.6 Å². The van der Waals surface area contributed by atoms with Crippen molar-refractivity contribution in [3.63, 3.8) is 0 Å². The van der Waals surface area contributed by atoms with Crippen LogP contribution in [0.25, 0.3) is 27.6 Å². The zero-order chi connectivity index (χ0) is 23.2. The number of nitrogens with zero attached hydrogens (tertiary/aromatic N) is 3. The average Bonchev–Trinajstić information content (AvgIpc) is 2.97. The van der Waals surface area contributed by atoms with Gasteiger partial charge in [0.2, 0.25) is 0 Å². The summed E-state index contributed by atoms with van der Waals surface area (Å²) >= 11 is 0. The molecule has 0 radical (unpaired) electrons. The van der Waals surface area contributed by atoms with E-state index in [9.17, 15) is 13.2 Å². The zero-order valence-corrected chi connectivity index (χ0v) is 17.7. The SMILES string of the molecule is CN1CC=C(c2ccc3ccccc3c2F)c2ccc(-c3ccc(C(F)(F)F)nn3)cc2C1. The molecule has 0 saturated carbocycles. The number of likely N-dealkylation sites (N-methyl/N-ethyl adjacent to an activating group) is 1. The van der Waals surface area contributed by atoms with Crippen LogP contribution in [0.2, 0.25) is 0 Å². The molecule has 1 aliphatic rings. The first-order chi connectivity index (χ1) is 15.8. The number of hydrogen-bond acceptors (Lipinski definition) is 3. The van der Waals surface area contributed by atoms with Crippen molar-refractivity contribution in [2.75, 3.05) is 13.6 Å². The molecule has 1 aliphatic heterocycles. The van der Waals surface area contributed by atoms with E-state index in [2.05, 4.69) is 15.1 Å². The molecule has 0 spiro atoms. The molecule has 0 unspecified atom stereocenters. The Balaban J connectivity index is 1.59. The van der Waals surface area contributed by atoms with Crippen LogP contribution < -0.4 is 0 Å². The standard InChI is InChI=1S/C26H19F4N3/c1-33-13-12-21(22-9-6-16-4-2-3-5-20(16)25(22)27)19-8-7-17(14-18(19)15-33)23-10-11-24(32-31-23)26(28,29)30/h2-12,14H,13,15H2,1H3. The predicted octanol–water partition coefficient (Wildman–Crippen LogP) is 6.33. The van der Waals surface area contributed by atoms with Crippen molar-refractivity contribution in [1.82, 2.24) is 15.1 Å². The van der Waals surface area contributed by atoms with Gasteiger partial charge in [-0.3, -0.25) is 4.90 Å². The van der Waals surface area contributed by atoms with Crippen LogP contribution >= 0.6 is 0 Å². The minimum Gasteiger partial charge on any atom is -0.298 e. The van der Waals surface area contributed by atoms with Gasteiger partial charge in [0, 0.05) is 29.6 Å². The van der Waals surface area contributed by atoms with Crippen molar-refractivity contribution >= 4 is 16.3 Å². The molecule has 0 bridgehead atoms. The molecule has 0 atom stereocenters. The highest BCUT2D eigenvalue weighted by Crippen LogP contribution is 2.35. The Labute approximate surface area is 188 Å². The van der Waals surface area contributed by atoms with Crippen LogP contribution in [-0.2, 0) is 12.7 Å². The maximum Gasteiger partial charge on any atom is 0.435 e. The van der Waals surface area contributed by atoms with Crippen molar-refractivity contribution in [2.24, 2.45) is 0 Å². The third-order valence-electron chi connectivity index (χ3n) is 5.85. The summed E-state index contributed by atoms with van der Waals surface area (Å²) in [5, 5.41) is 8.50. The van der Waals surface area contributed by atoms with E-state index in [-0.39, 0.29) is 5.82 Å². The van der Waals surface area contributed by atoms with Gasteiger partial charge in [0.05, 0.1) is 5.69 Å². The number of benzene rings is 3. The van der Waals surface area contributed by atoms with E-state index >= 15 is 4.39 Å². The lowest BCUT2D eigenvalue weighted by atomic mass is 9.91. The van der Waals surface area contributed by atoms with Crippen molar-refractivity contribution in [3.05, 3.63) is 101 Å². The van der Waals surface area contributed by atoms with Gasteiger partial charge in [-0.15, -0.1) is 10.2 Å². The largest absolute Gasteiger partial charge is 0.435 e.